The van der Waals surface area contributed by atoms with Crippen molar-refractivity contribution in [3.05, 3.63) is 167 Å². The zero-order chi connectivity index (χ0) is 34.5. The van der Waals surface area contributed by atoms with Crippen LogP contribution in [0.5, 0.6) is 0 Å². The van der Waals surface area contributed by atoms with Crippen LogP contribution in [0.2, 0.25) is 0 Å². The molecule has 246 valence electrons. The summed E-state index contributed by atoms with van der Waals surface area (Å²) in [4.78, 5) is 6.51. The van der Waals surface area contributed by atoms with Crippen LogP contribution in [0.25, 0.3) is 27.8 Å². The maximum atomic E-state index is 9.26. The number of nitrogens with one attached hydrogen (secondary N) is 2. The fourth-order valence-corrected chi connectivity index (χ4v) is 8.66. The summed E-state index contributed by atoms with van der Waals surface area (Å²) in [6.07, 6.45) is 10.1. The third-order valence-electron chi connectivity index (χ3n) is 9.73. The zero-order valence-electron chi connectivity index (χ0n) is 28.4. The van der Waals surface area contributed by atoms with E-state index < -0.39 is 0 Å². The summed E-state index contributed by atoms with van der Waals surface area (Å²) < 4.78 is 0. The van der Waals surface area contributed by atoms with Gasteiger partial charge in [0.05, 0.1) is 11.6 Å². The van der Waals surface area contributed by atoms with Crippen molar-refractivity contribution in [2.45, 2.75) is 48.9 Å². The van der Waals surface area contributed by atoms with Gasteiger partial charge in [0, 0.05) is 21.9 Å². The lowest BCUT2D eigenvalue weighted by molar-refractivity contribution is 0.494. The van der Waals surface area contributed by atoms with Gasteiger partial charge in [-0.1, -0.05) is 135 Å². The molecule has 0 fully saturated rings. The molecule has 0 saturated carbocycles. The number of aliphatic imine (C=N–C) groups is 1. The van der Waals surface area contributed by atoms with Crippen LogP contribution in [0, 0.1) is 22.7 Å². The average Bonchev–Trinajstić information content (AvgIpc) is 3.56. The Morgan fingerprint density at radius 1 is 0.880 bits per heavy atom. The predicted octanol–water partition coefficient (Wildman–Crippen LogP) is 10.9. The fraction of sp³-hybridized carbons (Fsp3) is 0.178. The summed E-state index contributed by atoms with van der Waals surface area (Å²) in [6, 6.07) is 43.4. The number of thioether (sulfide) groups is 1. The molecule has 0 bridgehead atoms. The Balaban J connectivity index is 1.25. The number of hydrogen-bond acceptors (Lipinski definition) is 4. The second-order valence-corrected chi connectivity index (χ2v) is 14.2. The number of benzene rings is 5. The molecule has 5 aromatic rings. The van der Waals surface area contributed by atoms with Gasteiger partial charge in [0.1, 0.15) is 12.0 Å². The highest BCUT2D eigenvalue weighted by atomic mass is 32.2. The Bertz CT molecular complexity index is 2120. The molecule has 1 aliphatic carbocycles. The van der Waals surface area contributed by atoms with Gasteiger partial charge in [-0.25, -0.2) is 0 Å². The summed E-state index contributed by atoms with van der Waals surface area (Å²) in [7, 11) is 0. The lowest BCUT2D eigenvalue weighted by Gasteiger charge is -2.27. The molecule has 5 heteroatoms. The summed E-state index contributed by atoms with van der Waals surface area (Å²) >= 11 is 2.02. The van der Waals surface area contributed by atoms with Crippen molar-refractivity contribution in [1.29, 1.82) is 10.7 Å². The third kappa shape index (κ3) is 6.99. The van der Waals surface area contributed by atoms with E-state index in [-0.39, 0.29) is 12.1 Å². The van der Waals surface area contributed by atoms with Gasteiger partial charge < -0.3 is 5.32 Å². The summed E-state index contributed by atoms with van der Waals surface area (Å²) in [5, 5.41) is 22.4. The Morgan fingerprint density at radius 2 is 1.60 bits per heavy atom. The molecule has 7 rings (SSSR count). The molecule has 5 aromatic carbocycles. The summed E-state index contributed by atoms with van der Waals surface area (Å²) in [6.45, 7) is 4.60. The SMILES string of the molecule is CCC(CC(/N=C/c1ccccc1)NC(=N)c1cccc(-c2ccc(C#N)cc2)c1)c1c(-c2ccccc2)ccc2c1SC1C2=CC=CC1C. The monoisotopic (exact) mass is 668 g/mol. The van der Waals surface area contributed by atoms with Crippen LogP contribution in [0.1, 0.15) is 60.4 Å². The van der Waals surface area contributed by atoms with Crippen molar-refractivity contribution in [1.82, 2.24) is 5.32 Å². The van der Waals surface area contributed by atoms with E-state index >= 15 is 0 Å². The van der Waals surface area contributed by atoms with E-state index in [0.29, 0.717) is 22.6 Å². The number of nitrogens with zero attached hydrogens (tertiary/aromatic N) is 2. The largest absolute Gasteiger partial charge is 0.348 e. The first-order valence-corrected chi connectivity index (χ1v) is 18.2. The van der Waals surface area contributed by atoms with Crippen molar-refractivity contribution >= 4 is 29.4 Å². The standard InChI is InChI=1S/C45H40N4S/c1-3-33(42-38(35-15-8-5-9-16-35)24-25-40-39-19-10-12-30(2)43(39)50-44(40)42)27-41(48-29-32-13-6-4-7-14-32)49-45(47)37-18-11-17-36(26-37)34-22-20-31(28-46)21-23-34/h4-26,29-30,33,41,43H,3,27H2,1-2H3,(H2,47,49)/b48-29+. The number of amidine groups is 1. The lowest BCUT2D eigenvalue weighted by Crippen LogP contribution is -2.35. The van der Waals surface area contributed by atoms with Gasteiger partial charge in [-0.2, -0.15) is 5.26 Å². The molecule has 1 heterocycles. The van der Waals surface area contributed by atoms with Gasteiger partial charge in [-0.05, 0) is 87.4 Å². The van der Waals surface area contributed by atoms with E-state index in [1.54, 1.807) is 0 Å². The zero-order valence-corrected chi connectivity index (χ0v) is 29.2. The molecule has 0 amide bonds. The highest BCUT2D eigenvalue weighted by Crippen LogP contribution is 2.54. The van der Waals surface area contributed by atoms with Crippen LogP contribution in [-0.2, 0) is 0 Å². The van der Waals surface area contributed by atoms with E-state index in [9.17, 15) is 10.7 Å². The Kier molecular flexibility index (Phi) is 9.91. The molecular weight excluding hydrogens is 629 g/mol. The molecule has 4 unspecified atom stereocenters. The van der Waals surface area contributed by atoms with Crippen LogP contribution in [0.3, 0.4) is 0 Å². The molecule has 0 radical (unpaired) electrons. The maximum absolute atomic E-state index is 9.26. The number of allylic oxidation sites excluding steroid dienone is 3. The van der Waals surface area contributed by atoms with Crippen molar-refractivity contribution in [3.63, 3.8) is 0 Å². The minimum atomic E-state index is -0.334. The lowest BCUT2D eigenvalue weighted by atomic mass is 9.82. The van der Waals surface area contributed by atoms with Gasteiger partial charge in [-0.3, -0.25) is 10.4 Å². The molecule has 2 N–H and O–H groups in total. The quantitative estimate of drug-likeness (QED) is 0.115. The normalized spacial score (nSPS) is 17.3. The van der Waals surface area contributed by atoms with Gasteiger partial charge >= 0.3 is 0 Å². The molecule has 1 aliphatic heterocycles. The van der Waals surface area contributed by atoms with Crippen LogP contribution in [0.4, 0.5) is 0 Å². The van der Waals surface area contributed by atoms with Crippen molar-refractivity contribution < 1.29 is 0 Å². The van der Waals surface area contributed by atoms with E-state index in [2.05, 4.69) is 98.1 Å². The Labute approximate surface area is 299 Å². The summed E-state index contributed by atoms with van der Waals surface area (Å²) in [5.74, 6) is 0.989. The van der Waals surface area contributed by atoms with Gasteiger partial charge in [0.15, 0.2) is 0 Å². The molecule has 50 heavy (non-hydrogen) atoms. The first-order chi connectivity index (χ1) is 24.5. The number of rotatable bonds is 10. The Morgan fingerprint density at radius 3 is 2.34 bits per heavy atom. The van der Waals surface area contributed by atoms with Gasteiger partial charge in [0.25, 0.3) is 0 Å². The van der Waals surface area contributed by atoms with Gasteiger partial charge in [-0.15, -0.1) is 11.8 Å². The van der Waals surface area contributed by atoms with E-state index in [1.807, 2.05) is 84.7 Å². The smallest absolute Gasteiger partial charge is 0.127 e. The van der Waals surface area contributed by atoms with Crippen LogP contribution >= 0.6 is 11.8 Å². The van der Waals surface area contributed by atoms with Crippen molar-refractivity contribution in [2.75, 3.05) is 0 Å². The maximum Gasteiger partial charge on any atom is 0.127 e. The second-order valence-electron chi connectivity index (χ2n) is 13.0. The Hall–Kier alpha value is -5.44. The second kappa shape index (κ2) is 15.0. The molecule has 0 aromatic heterocycles. The van der Waals surface area contributed by atoms with Gasteiger partial charge in [0.2, 0.25) is 0 Å². The van der Waals surface area contributed by atoms with Crippen molar-refractivity contribution in [2.24, 2.45) is 10.9 Å². The highest BCUT2D eigenvalue weighted by molar-refractivity contribution is 8.01. The number of fused-ring (bicyclic) bond motifs is 3. The molecule has 0 saturated heterocycles. The molecular formula is C45H40N4S. The highest BCUT2D eigenvalue weighted by Gasteiger charge is 2.36. The minimum Gasteiger partial charge on any atom is -0.348 e. The minimum absolute atomic E-state index is 0.194. The molecule has 4 atom stereocenters. The number of nitriles is 1. The van der Waals surface area contributed by atoms with Crippen LogP contribution in [-0.4, -0.2) is 23.5 Å². The molecule has 4 nitrogen and oxygen atoms in total. The van der Waals surface area contributed by atoms with Crippen LogP contribution < -0.4 is 5.32 Å². The first kappa shape index (κ1) is 33.1. The van der Waals surface area contributed by atoms with E-state index in [4.69, 9.17) is 4.99 Å². The van der Waals surface area contributed by atoms with E-state index in [0.717, 1.165) is 35.1 Å². The fourth-order valence-electron chi connectivity index (χ4n) is 7.05. The first-order valence-electron chi connectivity index (χ1n) is 17.3. The van der Waals surface area contributed by atoms with Crippen LogP contribution in [0.15, 0.2) is 149 Å². The summed E-state index contributed by atoms with van der Waals surface area (Å²) in [5.41, 5.74) is 11.1. The number of hydrogen-bond donors (Lipinski definition) is 2. The topological polar surface area (TPSA) is 72.0 Å². The average molecular weight is 669 g/mol. The third-order valence-corrected chi connectivity index (χ3v) is 11.3. The van der Waals surface area contributed by atoms with E-state index in [1.165, 1.54) is 32.7 Å². The van der Waals surface area contributed by atoms with Crippen molar-refractivity contribution in [3.8, 4) is 28.3 Å². The molecule has 2 aliphatic rings. The molecule has 0 spiro atoms. The predicted molar refractivity (Wildman–Crippen MR) is 210 cm³/mol.